The molecule has 0 spiro atoms. The minimum atomic E-state index is -1.37. The maximum atomic E-state index is 10.5. The van der Waals surface area contributed by atoms with E-state index in [4.69, 9.17) is 35.9 Å². The summed E-state index contributed by atoms with van der Waals surface area (Å²) in [6, 6.07) is -39.6. The van der Waals surface area contributed by atoms with E-state index >= 15 is 0 Å². The number of aromatic nitrogens is 3. The van der Waals surface area contributed by atoms with Crippen LogP contribution in [0.2, 0.25) is 0 Å². The Morgan fingerprint density at radius 2 is 0.800 bits per heavy atom. The Kier molecular flexibility index (Phi) is 3.50. The van der Waals surface area contributed by atoms with Gasteiger partial charge in [0, 0.05) is 44.9 Å². The minimum Gasteiger partial charge on any atom is -0.456 e. The van der Waals surface area contributed by atoms with Crippen LogP contribution < -0.4 is 4.90 Å². The summed E-state index contributed by atoms with van der Waals surface area (Å²) in [6.45, 7) is 0. The highest BCUT2D eigenvalue weighted by molar-refractivity contribution is 6.17. The van der Waals surface area contributed by atoms with Crippen LogP contribution in [0, 0.1) is 0 Å². The van der Waals surface area contributed by atoms with Gasteiger partial charge in [0.2, 0.25) is 0 Å². The van der Waals surface area contributed by atoms with Gasteiger partial charge in [-0.15, -0.1) is 0 Å². The number of anilines is 3. The second-order valence-electron chi connectivity index (χ2n) is 12.1. The molecule has 2 aromatic heterocycles. The molecule has 0 bridgehead atoms. The van der Waals surface area contributed by atoms with Gasteiger partial charge in [-0.3, -0.25) is 0 Å². The first kappa shape index (κ1) is 14.0. The summed E-state index contributed by atoms with van der Waals surface area (Å²) in [5, 5.41) is -3.46. The van der Waals surface area contributed by atoms with Crippen LogP contribution in [0.5, 0.6) is 0 Å². The molecule has 0 saturated heterocycles. The maximum Gasteiger partial charge on any atom is 0.164 e. The number of hydrogen-bond acceptors (Lipinski definition) is 5. The predicted octanol–water partition coefficient (Wildman–Crippen LogP) is 14.7. The number of benzene rings is 9. The van der Waals surface area contributed by atoms with Crippen molar-refractivity contribution in [1.82, 2.24) is 15.0 Å². The van der Waals surface area contributed by atoms with Gasteiger partial charge in [0.15, 0.2) is 17.5 Å². The zero-order valence-electron chi connectivity index (χ0n) is 65.7. The van der Waals surface area contributed by atoms with Crippen molar-refractivity contribution in [3.63, 3.8) is 0 Å². The number of para-hydroxylation sites is 2. The van der Waals surface area contributed by atoms with Crippen LogP contribution in [0.4, 0.5) is 17.1 Å². The lowest BCUT2D eigenvalue weighted by Gasteiger charge is -2.26. The summed E-state index contributed by atoms with van der Waals surface area (Å²) in [6.07, 6.45) is 0. The molecule has 0 amide bonds. The van der Waals surface area contributed by atoms with Crippen LogP contribution in [-0.2, 0) is 0 Å². The molecule has 0 unspecified atom stereocenters. The topological polar surface area (TPSA) is 55.1 Å². The lowest BCUT2D eigenvalue weighted by molar-refractivity contribution is 0.669. The standard InChI is InChI=1S/C55H36N4O/c1-5-17-37(18-6-1)38-29-31-42(32-30-38)59(41-23-11-4-12-24-41)43-35-49(52-48-27-15-16-28-50(48)60-51(52)36-43)46-33-34-47(45-26-14-13-25-44(45)46)55-57-53(39-19-7-2-8-20-39)56-54(58-55)40-21-9-3-10-22-40/h1-36H/i1D,2D,3D,4D,5D,6D,7D,8D,9D,10D,11D,12D,13D,14D,15D,16D,17D,18D,19D,20D,21D,22D,23D,24D,25D,26D,27D,28D,29D,30D,31D,32D,33D,34D,35D,36D. The van der Waals surface area contributed by atoms with Crippen molar-refractivity contribution >= 4 is 49.8 Å². The third kappa shape index (κ3) is 6.35. The summed E-state index contributed by atoms with van der Waals surface area (Å²) >= 11 is 0. The molecule has 0 saturated carbocycles. The molecule has 282 valence electrons. The Balaban J connectivity index is 1.39. The molecule has 0 aliphatic heterocycles. The Morgan fingerprint density at radius 3 is 1.43 bits per heavy atom. The maximum absolute atomic E-state index is 10.5. The van der Waals surface area contributed by atoms with E-state index in [2.05, 4.69) is 15.0 Å². The zero-order chi connectivity index (χ0) is 71.2. The largest absolute Gasteiger partial charge is 0.456 e. The molecule has 5 heteroatoms. The van der Waals surface area contributed by atoms with Gasteiger partial charge in [0.25, 0.3) is 0 Å². The fourth-order valence-corrected chi connectivity index (χ4v) is 6.10. The Labute approximate surface area is 398 Å². The highest BCUT2D eigenvalue weighted by Gasteiger charge is 2.22. The average Bonchev–Trinajstić information content (AvgIpc) is 1.31. The summed E-state index contributed by atoms with van der Waals surface area (Å²) in [4.78, 5) is 13.2. The quantitative estimate of drug-likeness (QED) is 0.153. The molecule has 0 radical (unpaired) electrons. The zero-order valence-corrected chi connectivity index (χ0v) is 29.7. The Morgan fingerprint density at radius 1 is 0.333 bits per heavy atom. The van der Waals surface area contributed by atoms with E-state index in [1.165, 1.54) is 0 Å². The van der Waals surface area contributed by atoms with E-state index in [1.54, 1.807) is 0 Å². The molecule has 0 aliphatic carbocycles. The van der Waals surface area contributed by atoms with Gasteiger partial charge < -0.3 is 9.32 Å². The third-order valence-corrected chi connectivity index (χ3v) is 8.64. The van der Waals surface area contributed by atoms with E-state index in [0.717, 1.165) is 0 Å². The summed E-state index contributed by atoms with van der Waals surface area (Å²) in [7, 11) is 0. The highest BCUT2D eigenvalue weighted by Crippen LogP contribution is 2.46. The van der Waals surface area contributed by atoms with Crippen molar-refractivity contribution < 1.29 is 53.8 Å². The molecule has 0 aliphatic rings. The molecular weight excluding hydrogens is 733 g/mol. The first-order chi connectivity index (χ1) is 44.7. The molecule has 0 atom stereocenters. The number of rotatable bonds is 8. The SMILES string of the molecule is [2H]c1c([2H])c([2H])c(-c2nc(-c3c([2H])c([2H])c([2H])c([2H])c3[2H])nc(-c3c([2H])c([2H])c(-c4c([2H])c(N(c5c([2H])c([2H])c([2H])c([2H])c5[2H])c5c([2H])c([2H])c(-c6c([2H])c([2H])c([2H])c([2H])c6[2H])c([2H])c5[2H])c([2H])c5oc6c([2H])c([2H])c([2H])c([2H])c6c45)c4c([2H])c([2H])c([2H])c([2H])c34)n2)c([2H])c1[2H]. The molecule has 9 aromatic carbocycles. The summed E-state index contributed by atoms with van der Waals surface area (Å²) in [5.41, 5.74) is -12.1. The highest BCUT2D eigenvalue weighted by atomic mass is 16.3. The van der Waals surface area contributed by atoms with Crippen LogP contribution in [0.3, 0.4) is 0 Å². The molecule has 0 N–H and O–H groups in total. The van der Waals surface area contributed by atoms with Crippen molar-refractivity contribution in [2.24, 2.45) is 0 Å². The van der Waals surface area contributed by atoms with Crippen molar-refractivity contribution in [3.8, 4) is 56.4 Å². The van der Waals surface area contributed by atoms with Gasteiger partial charge in [-0.1, -0.05) is 169 Å². The van der Waals surface area contributed by atoms with E-state index in [9.17, 15) is 17.8 Å². The van der Waals surface area contributed by atoms with Crippen LogP contribution in [0.25, 0.3) is 89.1 Å². The lowest BCUT2D eigenvalue weighted by atomic mass is 9.91. The molecule has 0 fully saturated rings. The number of furan rings is 1. The van der Waals surface area contributed by atoms with Crippen LogP contribution in [0.15, 0.2) is 222 Å². The van der Waals surface area contributed by atoms with Gasteiger partial charge in [0.05, 0.1) is 55.0 Å². The normalized spacial score (nSPS) is 19.7. The Bertz CT molecular complexity index is 5230. The van der Waals surface area contributed by atoms with Crippen LogP contribution in [-0.4, -0.2) is 15.0 Å². The van der Waals surface area contributed by atoms with Crippen molar-refractivity contribution in [2.75, 3.05) is 4.90 Å². The van der Waals surface area contributed by atoms with Gasteiger partial charge in [0.1, 0.15) is 11.2 Å². The summed E-state index contributed by atoms with van der Waals surface area (Å²) in [5.74, 6) is -2.93. The van der Waals surface area contributed by atoms with Crippen molar-refractivity contribution in [3.05, 3.63) is 218 Å². The minimum absolute atomic E-state index is 0.283. The second-order valence-corrected chi connectivity index (χ2v) is 12.1. The average molecular weight is 805 g/mol. The number of fused-ring (bicyclic) bond motifs is 4. The molecule has 11 aromatic rings. The van der Waals surface area contributed by atoms with Crippen molar-refractivity contribution in [2.45, 2.75) is 0 Å². The predicted molar refractivity (Wildman–Crippen MR) is 246 cm³/mol. The molecule has 60 heavy (non-hydrogen) atoms. The van der Waals surface area contributed by atoms with E-state index in [0.29, 0.717) is 0 Å². The number of hydrogen-bond donors (Lipinski definition) is 0. The lowest BCUT2D eigenvalue weighted by Crippen LogP contribution is -2.10. The Hall–Kier alpha value is -8.15. The van der Waals surface area contributed by atoms with E-state index in [1.807, 2.05) is 0 Å². The van der Waals surface area contributed by atoms with E-state index in [-0.39, 0.29) is 4.90 Å². The van der Waals surface area contributed by atoms with Gasteiger partial charge in [-0.25, -0.2) is 15.0 Å². The summed E-state index contributed by atoms with van der Waals surface area (Å²) < 4.78 is 331. The molecule has 11 rings (SSSR count). The molecule has 5 nitrogen and oxygen atoms in total. The first-order valence-corrected chi connectivity index (χ1v) is 17.2. The van der Waals surface area contributed by atoms with Crippen LogP contribution >= 0.6 is 0 Å². The fourth-order valence-electron chi connectivity index (χ4n) is 6.10. The fraction of sp³-hybridized carbons (Fsp3) is 0. The van der Waals surface area contributed by atoms with Crippen molar-refractivity contribution in [1.29, 1.82) is 0 Å². The molecule has 2 heterocycles. The van der Waals surface area contributed by atoms with E-state index < -0.39 is 324 Å². The van der Waals surface area contributed by atoms with Gasteiger partial charge >= 0.3 is 0 Å². The first-order valence-electron chi connectivity index (χ1n) is 35.2. The number of nitrogens with zero attached hydrogens (tertiary/aromatic N) is 4. The second kappa shape index (κ2) is 15.0. The van der Waals surface area contributed by atoms with Crippen LogP contribution in [0.1, 0.15) is 49.3 Å². The van der Waals surface area contributed by atoms with Gasteiger partial charge in [-0.2, -0.15) is 0 Å². The smallest absolute Gasteiger partial charge is 0.164 e. The monoisotopic (exact) mass is 805 g/mol. The molecular formula is C55H36N4O. The third-order valence-electron chi connectivity index (χ3n) is 8.64. The van der Waals surface area contributed by atoms with Gasteiger partial charge in [-0.05, 0) is 75.3 Å².